The van der Waals surface area contributed by atoms with Gasteiger partial charge in [0.2, 0.25) is 0 Å². The first-order chi connectivity index (χ1) is 23.3. The Bertz CT molecular complexity index is 2080. The van der Waals surface area contributed by atoms with Crippen molar-refractivity contribution in [2.24, 2.45) is 12.5 Å². The van der Waals surface area contributed by atoms with Gasteiger partial charge in [-0.25, -0.2) is 23.2 Å². The highest BCUT2D eigenvalue weighted by Crippen LogP contribution is 2.41. The number of allylic oxidation sites excluding steroid dienone is 1. The number of hydrogen-bond donors (Lipinski definition) is 2. The van der Waals surface area contributed by atoms with E-state index in [0.717, 1.165) is 52.8 Å². The molecule has 1 aliphatic heterocycles. The number of nitrogens with one attached hydrogen (secondary N) is 1. The molecule has 4 bridgehead atoms. The lowest BCUT2D eigenvalue weighted by Gasteiger charge is -2.31. The molecule has 256 valence electrons. The first-order valence-corrected chi connectivity index (χ1v) is 17.7. The molecule has 7 nitrogen and oxygen atoms in total. The van der Waals surface area contributed by atoms with Crippen molar-refractivity contribution in [3.05, 3.63) is 101 Å². The number of rotatable bonds is 3. The number of thioether (sulfide) groups is 1. The number of fused-ring (bicyclic) bond motifs is 8. The summed E-state index contributed by atoms with van der Waals surface area (Å²) in [7, 11) is 1.74. The van der Waals surface area contributed by atoms with E-state index in [0.29, 0.717) is 29.2 Å². The van der Waals surface area contributed by atoms with Gasteiger partial charge < -0.3 is 14.8 Å². The Morgan fingerprint density at radius 2 is 1.84 bits per heavy atom. The zero-order valence-corrected chi connectivity index (χ0v) is 29.6. The normalized spacial score (nSPS) is 18.9. The van der Waals surface area contributed by atoms with Gasteiger partial charge in [0.1, 0.15) is 11.6 Å². The second kappa shape index (κ2) is 13.5. The number of aromatic amines is 1. The van der Waals surface area contributed by atoms with Gasteiger partial charge in [0.25, 0.3) is 0 Å². The van der Waals surface area contributed by atoms with Gasteiger partial charge in [-0.3, -0.25) is 0 Å². The number of benzene rings is 3. The van der Waals surface area contributed by atoms with Crippen molar-refractivity contribution in [2.75, 3.05) is 11.5 Å². The topological polar surface area (TPSA) is 93.0 Å². The Hall–Kier alpha value is -4.44. The smallest absolute Gasteiger partial charge is 0.331 e. The SMILES string of the molecule is C/C(C(=O)O)=C(/C)c1cccc(C2(C)CCCC(C)(C)CSCCc3c(c(F)cc4[nH]ccc34)Oc3ccc(F)c(c3)-c3nc2nn3C)c1. The van der Waals surface area contributed by atoms with Gasteiger partial charge in [0, 0.05) is 41.4 Å². The maximum atomic E-state index is 15.6. The number of carboxylic acids is 1. The molecule has 0 fully saturated rings. The van der Waals surface area contributed by atoms with Crippen LogP contribution in [-0.2, 0) is 23.7 Å². The van der Waals surface area contributed by atoms with Gasteiger partial charge in [-0.15, -0.1) is 0 Å². The average molecular weight is 685 g/mol. The van der Waals surface area contributed by atoms with Crippen molar-refractivity contribution in [3.63, 3.8) is 0 Å². The second-order valence-corrected chi connectivity index (χ2v) is 15.1. The lowest BCUT2D eigenvalue weighted by molar-refractivity contribution is -0.132. The number of nitrogens with zero attached hydrogens (tertiary/aromatic N) is 3. The zero-order chi connectivity index (χ0) is 35.1. The van der Waals surface area contributed by atoms with E-state index in [1.165, 1.54) is 18.2 Å². The summed E-state index contributed by atoms with van der Waals surface area (Å²) in [5.74, 6) is 1.03. The molecule has 3 heterocycles. The quantitative estimate of drug-likeness (QED) is 0.184. The molecule has 1 atom stereocenters. The average Bonchev–Trinajstić information content (AvgIpc) is 3.70. The number of aromatic nitrogens is 4. The van der Waals surface area contributed by atoms with Gasteiger partial charge in [0.05, 0.1) is 11.0 Å². The maximum Gasteiger partial charge on any atom is 0.331 e. The third kappa shape index (κ3) is 6.88. The fourth-order valence-corrected chi connectivity index (χ4v) is 7.85. The highest BCUT2D eigenvalue weighted by molar-refractivity contribution is 7.99. The van der Waals surface area contributed by atoms with Gasteiger partial charge >= 0.3 is 5.97 Å². The van der Waals surface area contributed by atoms with E-state index < -0.39 is 23.0 Å². The van der Waals surface area contributed by atoms with Gasteiger partial charge in [0.15, 0.2) is 23.2 Å². The number of hydrogen-bond acceptors (Lipinski definition) is 5. The van der Waals surface area contributed by atoms with Gasteiger partial charge in [-0.1, -0.05) is 44.5 Å². The molecule has 10 heteroatoms. The Morgan fingerprint density at radius 3 is 2.61 bits per heavy atom. The largest absolute Gasteiger partial charge is 0.478 e. The summed E-state index contributed by atoms with van der Waals surface area (Å²) in [6.07, 6.45) is 4.94. The standard InChI is InChI=1S/C39H42F2N4O3S/c1-23(24(2)36(46)47)25-9-7-10-26(19-25)39(5)16-8-15-38(3,4)22-49-18-14-29-28-13-17-42-33(28)21-32(41)34(29)48-27-11-12-31(40)30(20-27)35-43-37(39)44-45(35)6/h7,9-13,17,19-21,42H,8,14-16,18,22H2,1-6H3,(H,46,47)/b24-23+. The van der Waals surface area contributed by atoms with E-state index >= 15 is 8.78 Å². The lowest BCUT2D eigenvalue weighted by atomic mass is 9.75. The summed E-state index contributed by atoms with van der Waals surface area (Å²) in [5, 5.41) is 15.4. The van der Waals surface area contributed by atoms with E-state index in [2.05, 4.69) is 25.8 Å². The number of halogens is 2. The molecule has 2 N–H and O–H groups in total. The van der Waals surface area contributed by atoms with E-state index in [4.69, 9.17) is 14.8 Å². The minimum atomic E-state index is -0.960. The second-order valence-electron chi connectivity index (χ2n) is 14.0. The first-order valence-electron chi connectivity index (χ1n) is 16.5. The molecule has 0 spiro atoms. The van der Waals surface area contributed by atoms with Crippen LogP contribution in [0.2, 0.25) is 0 Å². The lowest BCUT2D eigenvalue weighted by Crippen LogP contribution is -2.27. The van der Waals surface area contributed by atoms with Crippen LogP contribution in [0.4, 0.5) is 8.78 Å². The predicted octanol–water partition coefficient (Wildman–Crippen LogP) is 9.70. The monoisotopic (exact) mass is 684 g/mol. The summed E-state index contributed by atoms with van der Waals surface area (Å²) < 4.78 is 39.1. The maximum absolute atomic E-state index is 15.6. The van der Waals surface area contributed by atoms with Gasteiger partial charge in [-0.05, 0) is 97.9 Å². The Labute approximate surface area is 289 Å². The molecule has 0 saturated carbocycles. The van der Waals surface area contributed by atoms with Crippen LogP contribution in [0.1, 0.15) is 76.4 Å². The van der Waals surface area contributed by atoms with Crippen molar-refractivity contribution in [1.29, 1.82) is 0 Å². The van der Waals surface area contributed by atoms with Crippen LogP contribution in [-0.4, -0.2) is 42.3 Å². The van der Waals surface area contributed by atoms with Crippen LogP contribution >= 0.6 is 11.8 Å². The molecular weight excluding hydrogens is 643 g/mol. The van der Waals surface area contributed by atoms with Crippen molar-refractivity contribution in [1.82, 2.24) is 19.7 Å². The summed E-state index contributed by atoms with van der Waals surface area (Å²) in [6.45, 7) is 10.1. The van der Waals surface area contributed by atoms with E-state index in [-0.39, 0.29) is 28.1 Å². The Morgan fingerprint density at radius 1 is 1.04 bits per heavy atom. The van der Waals surface area contributed by atoms with Crippen molar-refractivity contribution in [2.45, 2.75) is 65.7 Å². The van der Waals surface area contributed by atoms with Crippen LogP contribution in [0.3, 0.4) is 0 Å². The molecule has 0 amide bonds. The minimum Gasteiger partial charge on any atom is -0.478 e. The molecule has 0 radical (unpaired) electrons. The van der Waals surface area contributed by atoms with Crippen LogP contribution < -0.4 is 4.74 Å². The van der Waals surface area contributed by atoms with Crippen molar-refractivity contribution in [3.8, 4) is 22.9 Å². The van der Waals surface area contributed by atoms with Gasteiger partial charge in [-0.2, -0.15) is 16.9 Å². The molecule has 6 rings (SSSR count). The molecule has 0 aliphatic carbocycles. The van der Waals surface area contributed by atoms with Crippen LogP contribution in [0.25, 0.3) is 27.9 Å². The third-order valence-corrected chi connectivity index (χ3v) is 11.3. The minimum absolute atomic E-state index is 0.0186. The van der Waals surface area contributed by atoms with Crippen LogP contribution in [0, 0.1) is 17.0 Å². The number of H-pyrrole nitrogens is 1. The first kappa shape index (κ1) is 34.4. The summed E-state index contributed by atoms with van der Waals surface area (Å²) in [5.41, 5.74) is 3.73. The van der Waals surface area contributed by atoms with Crippen LogP contribution in [0.5, 0.6) is 11.5 Å². The molecule has 3 aromatic carbocycles. The number of carbonyl (C=O) groups is 1. The number of aryl methyl sites for hydroxylation is 2. The molecule has 5 aromatic rings. The van der Waals surface area contributed by atoms with Crippen LogP contribution in [0.15, 0.2) is 66.4 Å². The zero-order valence-electron chi connectivity index (χ0n) is 28.8. The predicted molar refractivity (Wildman–Crippen MR) is 192 cm³/mol. The van der Waals surface area contributed by atoms with Crippen molar-refractivity contribution >= 4 is 34.2 Å². The highest BCUT2D eigenvalue weighted by atomic mass is 32.2. The van der Waals surface area contributed by atoms with E-state index in [1.807, 2.05) is 49.0 Å². The van der Waals surface area contributed by atoms with E-state index in [9.17, 15) is 9.90 Å². The summed E-state index contributed by atoms with van der Waals surface area (Å²) >= 11 is 1.84. The number of aliphatic carboxylic acids is 1. The summed E-state index contributed by atoms with van der Waals surface area (Å²) in [6, 6.07) is 15.6. The molecule has 1 aliphatic rings. The van der Waals surface area contributed by atoms with Crippen molar-refractivity contribution < 1.29 is 23.4 Å². The molecule has 0 saturated heterocycles. The highest BCUT2D eigenvalue weighted by Gasteiger charge is 2.35. The third-order valence-electron chi connectivity index (χ3n) is 9.86. The molecular formula is C39H42F2N4O3S. The number of carboxylic acid groups (broad SMARTS) is 1. The fraction of sp³-hybridized carbons (Fsp3) is 0.359. The Kier molecular flexibility index (Phi) is 9.46. The fourth-order valence-electron chi connectivity index (χ4n) is 6.67. The van der Waals surface area contributed by atoms with E-state index in [1.54, 1.807) is 30.9 Å². The molecule has 49 heavy (non-hydrogen) atoms. The molecule has 1 unspecified atom stereocenters. The molecule has 2 aromatic heterocycles. The number of ether oxygens (including phenoxy) is 1. The summed E-state index contributed by atoms with van der Waals surface area (Å²) in [4.78, 5) is 19.9. The Balaban J connectivity index is 1.49.